The van der Waals surface area contributed by atoms with Gasteiger partial charge in [-0.1, -0.05) is 25.0 Å². The molecule has 0 radical (unpaired) electrons. The van der Waals surface area contributed by atoms with Crippen molar-refractivity contribution in [3.63, 3.8) is 0 Å². The van der Waals surface area contributed by atoms with Crippen LogP contribution in [0.1, 0.15) is 44.1 Å². The van der Waals surface area contributed by atoms with Gasteiger partial charge in [0.25, 0.3) is 0 Å². The van der Waals surface area contributed by atoms with Crippen LogP contribution in [0, 0.1) is 5.82 Å². The van der Waals surface area contributed by atoms with E-state index in [2.05, 4.69) is 10.2 Å². The standard InChI is InChI=1S/C23H32FN3O2S/c24-19-7-5-18(6-8-19)23(9-1-2-10-23)17-25-21(28)16-27-11-3-4-20(27)22(29)26-12-14-30-15-13-26/h5-8,20H,1-4,9-17H2,(H,25,28). The number of amides is 2. The van der Waals surface area contributed by atoms with Crippen LogP contribution in [0.3, 0.4) is 0 Å². The zero-order valence-corrected chi connectivity index (χ0v) is 18.4. The lowest BCUT2D eigenvalue weighted by molar-refractivity contribution is -0.136. The number of likely N-dealkylation sites (tertiary alicyclic amines) is 1. The summed E-state index contributed by atoms with van der Waals surface area (Å²) in [6.07, 6.45) is 6.09. The van der Waals surface area contributed by atoms with Crippen LogP contribution in [-0.2, 0) is 15.0 Å². The van der Waals surface area contributed by atoms with Crippen LogP contribution in [0.4, 0.5) is 4.39 Å². The summed E-state index contributed by atoms with van der Waals surface area (Å²) in [7, 11) is 0. The van der Waals surface area contributed by atoms with Gasteiger partial charge in [-0.25, -0.2) is 4.39 Å². The van der Waals surface area contributed by atoms with Crippen molar-refractivity contribution in [1.29, 1.82) is 0 Å². The molecule has 1 aliphatic carbocycles. The topological polar surface area (TPSA) is 52.7 Å². The number of benzene rings is 1. The first-order valence-electron chi connectivity index (χ1n) is 11.2. The molecule has 1 atom stereocenters. The Morgan fingerprint density at radius 2 is 1.77 bits per heavy atom. The molecular formula is C23H32FN3O2S. The Balaban J connectivity index is 1.34. The Bertz CT molecular complexity index is 745. The van der Waals surface area contributed by atoms with Crippen molar-refractivity contribution in [1.82, 2.24) is 15.1 Å². The van der Waals surface area contributed by atoms with Crippen LogP contribution in [0.5, 0.6) is 0 Å². The molecule has 3 aliphatic rings. The first-order chi connectivity index (χ1) is 14.6. The fourth-order valence-electron chi connectivity index (χ4n) is 5.22. The predicted molar refractivity (Wildman–Crippen MR) is 118 cm³/mol. The van der Waals surface area contributed by atoms with E-state index in [9.17, 15) is 14.0 Å². The number of carbonyl (C=O) groups excluding carboxylic acids is 2. The number of hydrogen-bond acceptors (Lipinski definition) is 4. The molecule has 2 amide bonds. The molecule has 0 aromatic heterocycles. The van der Waals surface area contributed by atoms with Gasteiger partial charge in [-0.2, -0.15) is 11.8 Å². The molecule has 2 aliphatic heterocycles. The molecule has 0 bridgehead atoms. The molecule has 1 N–H and O–H groups in total. The maximum atomic E-state index is 13.4. The average molecular weight is 434 g/mol. The van der Waals surface area contributed by atoms with Gasteiger partial charge in [-0.15, -0.1) is 0 Å². The molecule has 1 unspecified atom stereocenters. The average Bonchev–Trinajstić information content (AvgIpc) is 3.43. The second kappa shape index (κ2) is 9.69. The minimum atomic E-state index is -0.229. The summed E-state index contributed by atoms with van der Waals surface area (Å²) >= 11 is 1.89. The lowest BCUT2D eigenvalue weighted by Gasteiger charge is -2.33. The predicted octanol–water partition coefficient (Wildman–Crippen LogP) is 2.79. The van der Waals surface area contributed by atoms with E-state index in [1.54, 1.807) is 0 Å². The maximum absolute atomic E-state index is 13.4. The molecule has 2 heterocycles. The van der Waals surface area contributed by atoms with Crippen molar-refractivity contribution in [2.24, 2.45) is 0 Å². The molecule has 4 rings (SSSR count). The minimum Gasteiger partial charge on any atom is -0.354 e. The van der Waals surface area contributed by atoms with E-state index in [4.69, 9.17) is 0 Å². The highest BCUT2D eigenvalue weighted by Gasteiger charge is 2.37. The van der Waals surface area contributed by atoms with Gasteiger partial charge < -0.3 is 10.2 Å². The normalized spacial score (nSPS) is 24.2. The van der Waals surface area contributed by atoms with Crippen molar-refractivity contribution in [2.75, 3.05) is 44.2 Å². The lowest BCUT2D eigenvalue weighted by Crippen LogP contribution is -2.51. The third-order valence-electron chi connectivity index (χ3n) is 6.96. The number of thioether (sulfide) groups is 1. The molecule has 2 saturated heterocycles. The maximum Gasteiger partial charge on any atom is 0.239 e. The highest BCUT2D eigenvalue weighted by Crippen LogP contribution is 2.40. The fourth-order valence-corrected chi connectivity index (χ4v) is 6.12. The van der Waals surface area contributed by atoms with Crippen LogP contribution in [-0.4, -0.2) is 71.9 Å². The number of nitrogens with zero attached hydrogens (tertiary/aromatic N) is 2. The number of halogens is 1. The van der Waals surface area contributed by atoms with Gasteiger partial charge in [-0.3, -0.25) is 14.5 Å². The molecule has 0 spiro atoms. The summed E-state index contributed by atoms with van der Waals surface area (Å²) in [5, 5.41) is 3.14. The molecule has 1 aromatic rings. The van der Waals surface area contributed by atoms with Gasteiger partial charge in [-0.05, 0) is 49.9 Å². The molecule has 1 aromatic carbocycles. The molecule has 5 nitrogen and oxygen atoms in total. The Morgan fingerprint density at radius 1 is 1.07 bits per heavy atom. The molecule has 30 heavy (non-hydrogen) atoms. The Kier molecular flexibility index (Phi) is 6.98. The van der Waals surface area contributed by atoms with Crippen molar-refractivity contribution in [3.8, 4) is 0 Å². The van der Waals surface area contributed by atoms with E-state index in [-0.39, 0.29) is 35.6 Å². The Morgan fingerprint density at radius 3 is 2.47 bits per heavy atom. The molecule has 7 heteroatoms. The van der Waals surface area contributed by atoms with Crippen molar-refractivity contribution in [2.45, 2.75) is 50.0 Å². The summed E-state index contributed by atoms with van der Waals surface area (Å²) < 4.78 is 13.4. The largest absolute Gasteiger partial charge is 0.354 e. The quantitative estimate of drug-likeness (QED) is 0.750. The first-order valence-corrected chi connectivity index (χ1v) is 12.4. The number of hydrogen-bond donors (Lipinski definition) is 1. The monoisotopic (exact) mass is 433 g/mol. The van der Waals surface area contributed by atoms with Gasteiger partial charge in [0.2, 0.25) is 11.8 Å². The van der Waals surface area contributed by atoms with Gasteiger partial charge in [0.15, 0.2) is 0 Å². The molecular weight excluding hydrogens is 401 g/mol. The third kappa shape index (κ3) is 4.83. The third-order valence-corrected chi connectivity index (χ3v) is 7.90. The number of carbonyl (C=O) groups is 2. The summed E-state index contributed by atoms with van der Waals surface area (Å²) in [4.78, 5) is 29.7. The van der Waals surface area contributed by atoms with Gasteiger partial charge in [0.1, 0.15) is 5.82 Å². The van der Waals surface area contributed by atoms with E-state index in [1.807, 2.05) is 28.8 Å². The van der Waals surface area contributed by atoms with E-state index in [0.29, 0.717) is 6.54 Å². The summed E-state index contributed by atoms with van der Waals surface area (Å²) in [6, 6.07) is 6.59. The number of nitrogens with one attached hydrogen (secondary N) is 1. The van der Waals surface area contributed by atoms with Gasteiger partial charge in [0.05, 0.1) is 12.6 Å². The van der Waals surface area contributed by atoms with Crippen molar-refractivity contribution < 1.29 is 14.0 Å². The first kappa shape index (κ1) is 21.6. The summed E-state index contributed by atoms with van der Waals surface area (Å²) in [5.74, 6) is 1.96. The molecule has 1 saturated carbocycles. The van der Waals surface area contributed by atoms with E-state index in [1.165, 1.54) is 12.1 Å². The van der Waals surface area contributed by atoms with E-state index in [0.717, 1.165) is 75.2 Å². The summed E-state index contributed by atoms with van der Waals surface area (Å²) in [6.45, 7) is 3.29. The summed E-state index contributed by atoms with van der Waals surface area (Å²) in [5.41, 5.74) is 1.01. The molecule has 164 valence electrons. The zero-order valence-electron chi connectivity index (χ0n) is 17.6. The fraction of sp³-hybridized carbons (Fsp3) is 0.652. The smallest absolute Gasteiger partial charge is 0.239 e. The lowest BCUT2D eigenvalue weighted by atomic mass is 9.79. The second-order valence-corrected chi connectivity index (χ2v) is 10.1. The Hall–Kier alpha value is -1.60. The highest BCUT2D eigenvalue weighted by atomic mass is 32.2. The van der Waals surface area contributed by atoms with E-state index >= 15 is 0 Å². The zero-order chi connectivity index (χ0) is 21.0. The van der Waals surface area contributed by atoms with Crippen LogP contribution in [0.15, 0.2) is 24.3 Å². The van der Waals surface area contributed by atoms with E-state index < -0.39 is 0 Å². The van der Waals surface area contributed by atoms with Crippen LogP contribution < -0.4 is 5.32 Å². The Labute approximate surface area is 182 Å². The molecule has 3 fully saturated rings. The second-order valence-electron chi connectivity index (χ2n) is 8.84. The van der Waals surface area contributed by atoms with Crippen molar-refractivity contribution >= 4 is 23.6 Å². The number of rotatable bonds is 6. The van der Waals surface area contributed by atoms with Gasteiger partial charge in [0, 0.05) is 36.6 Å². The van der Waals surface area contributed by atoms with Crippen LogP contribution in [0.25, 0.3) is 0 Å². The van der Waals surface area contributed by atoms with Crippen molar-refractivity contribution in [3.05, 3.63) is 35.6 Å². The van der Waals surface area contributed by atoms with Crippen LogP contribution >= 0.6 is 11.8 Å². The van der Waals surface area contributed by atoms with Crippen LogP contribution in [0.2, 0.25) is 0 Å². The highest BCUT2D eigenvalue weighted by molar-refractivity contribution is 7.99. The SMILES string of the molecule is O=C(CN1CCCC1C(=O)N1CCSCC1)NCC1(c2ccc(F)cc2)CCCC1. The van der Waals surface area contributed by atoms with Gasteiger partial charge >= 0.3 is 0 Å². The minimum absolute atomic E-state index is 0.0164.